The van der Waals surface area contributed by atoms with Gasteiger partial charge in [0.05, 0.1) is 83.3 Å². The van der Waals surface area contributed by atoms with Crippen LogP contribution in [-0.4, -0.2) is 81.5 Å². The van der Waals surface area contributed by atoms with Crippen LogP contribution in [0.15, 0.2) is 461 Å². The van der Waals surface area contributed by atoms with Gasteiger partial charge in [-0.25, -0.2) is 29.9 Å². The van der Waals surface area contributed by atoms with E-state index in [4.69, 9.17) is 29.9 Å². The van der Waals surface area contributed by atoms with E-state index in [9.17, 15) is 0 Å². The number of fused-ring (bicyclic) bond motifs is 27. The van der Waals surface area contributed by atoms with Gasteiger partial charge in [0.15, 0.2) is 5.82 Å². The first-order chi connectivity index (χ1) is 72.2. The summed E-state index contributed by atoms with van der Waals surface area (Å²) in [4.78, 5) is 33.2. The van der Waals surface area contributed by atoms with E-state index in [0.717, 1.165) is 102 Å². The molecule has 0 unspecified atom stereocenters. The number of aromatic nitrogens is 12. The smallest absolute Gasteiger partial charge is 0.235 e. The minimum atomic E-state index is -2.15. The van der Waals surface area contributed by atoms with E-state index in [1.54, 1.807) is 0 Å². The van der Waals surface area contributed by atoms with Gasteiger partial charge in [-0.05, 0) is 160 Å². The van der Waals surface area contributed by atoms with Gasteiger partial charge in [0.2, 0.25) is 11.9 Å². The summed E-state index contributed by atoms with van der Waals surface area (Å²) >= 11 is 0. The molecule has 3 aliphatic rings. The maximum Gasteiger partial charge on any atom is 0.235 e. The second-order valence-corrected chi connectivity index (χ2v) is 53.5. The molecule has 0 saturated carbocycles. The molecule has 0 radical (unpaired) electrons. The third-order valence-electron chi connectivity index (χ3n) is 31.5. The standard InChI is InChI=1S/C48H34N4Si.2C42H30N4Si/c1-53(2)44-28-12-7-23-39(44)45-46(31-15-13-17-33(29-31)51-40-24-8-3-19-35(40)36-20-4-9-25-41(36)51)49-47(50-48(45)53)32-16-14-18-34(30-32)52-42-26-10-5-21-37(42)38-22-6-11-27-43(38)52;1-47(2)38-23-13-9-19-32(38)39-40(43-42(44-41(39)47)46-35-21-11-6-16-29(35)30-17-7-12-22-36(30)46)27-24-25-37-33(26-27)31-18-8-10-20-34(31)45(37)28-14-4-3-5-15-28;1-47(2)38-23-13-9-19-33(38)39-40(43-42(44-41(39)47)46-35-21-11-7-16-29(35)30-17-8-12-22-36(30)46)27-24-25-32-31-18-6-10-20-34(31)45(37(32)26-27)28-14-4-3-5-15-28/h3-30H,1-2H3;2*3-26H,1-2H3. The summed E-state index contributed by atoms with van der Waals surface area (Å²) in [6.45, 7) is 14.6. The highest BCUT2D eigenvalue weighted by molar-refractivity contribution is 7.04. The van der Waals surface area contributed by atoms with Crippen LogP contribution in [0.5, 0.6) is 0 Å². The minimum absolute atomic E-state index is 0.730. The first-order valence-electron chi connectivity index (χ1n) is 50.7. The molecule has 0 amide bonds. The second-order valence-electron chi connectivity index (χ2n) is 40.7. The van der Waals surface area contributed by atoms with Gasteiger partial charge in [0, 0.05) is 142 Å². The maximum absolute atomic E-state index is 5.55. The Labute approximate surface area is 851 Å². The molecule has 0 fully saturated rings. The molecule has 0 saturated heterocycles. The predicted octanol–water partition coefficient (Wildman–Crippen LogP) is 29.1. The summed E-state index contributed by atoms with van der Waals surface area (Å²) in [6, 6.07) is 166. The number of hydrogen-bond donors (Lipinski definition) is 0. The zero-order chi connectivity index (χ0) is 97.8. The highest BCUT2D eigenvalue weighted by Gasteiger charge is 2.46. The zero-order valence-corrected chi connectivity index (χ0v) is 84.7. The molecule has 15 heteroatoms. The van der Waals surface area contributed by atoms with Crippen molar-refractivity contribution < 1.29 is 0 Å². The summed E-state index contributed by atoms with van der Waals surface area (Å²) < 4.78 is 14.0. The molecule has 694 valence electrons. The van der Waals surface area contributed by atoms with Crippen molar-refractivity contribution in [3.63, 3.8) is 0 Å². The summed E-state index contributed by atoms with van der Waals surface area (Å²) in [5.74, 6) is 2.22. The third kappa shape index (κ3) is 13.0. The fraction of sp³-hybridized carbons (Fsp3) is 0.0455. The highest BCUT2D eigenvalue weighted by atomic mass is 28.3. The van der Waals surface area contributed by atoms with E-state index in [1.807, 2.05) is 0 Å². The van der Waals surface area contributed by atoms with Gasteiger partial charge >= 0.3 is 0 Å². The average molecular weight is 1930 g/mol. The molecule has 0 bridgehead atoms. The molecule has 31 rings (SSSR count). The largest absolute Gasteiger partial charge is 0.309 e. The van der Waals surface area contributed by atoms with Crippen LogP contribution in [0.1, 0.15) is 0 Å². The quantitative estimate of drug-likeness (QED) is 0.126. The Bertz CT molecular complexity index is 10200. The van der Waals surface area contributed by atoms with Crippen molar-refractivity contribution in [1.29, 1.82) is 0 Å². The zero-order valence-electron chi connectivity index (χ0n) is 81.7. The lowest BCUT2D eigenvalue weighted by Crippen LogP contribution is -2.51. The molecule has 0 aliphatic carbocycles. The van der Waals surface area contributed by atoms with Crippen molar-refractivity contribution >= 4 is 187 Å². The van der Waals surface area contributed by atoms with Crippen molar-refractivity contribution in [1.82, 2.24) is 57.3 Å². The van der Waals surface area contributed by atoms with E-state index in [2.05, 4.69) is 528 Å². The van der Waals surface area contributed by atoms with Gasteiger partial charge in [0.1, 0.15) is 24.2 Å². The lowest BCUT2D eigenvalue weighted by molar-refractivity contribution is 1.00. The fourth-order valence-corrected chi connectivity index (χ4v) is 33.5. The Kier molecular flexibility index (Phi) is 19.2. The van der Waals surface area contributed by atoms with Gasteiger partial charge in [-0.15, -0.1) is 0 Å². The van der Waals surface area contributed by atoms with Crippen LogP contribution in [0, 0.1) is 0 Å². The van der Waals surface area contributed by atoms with Crippen LogP contribution in [-0.2, 0) is 0 Å². The molecule has 12 nitrogen and oxygen atoms in total. The van der Waals surface area contributed by atoms with Gasteiger partial charge in [0.25, 0.3) is 0 Å². The van der Waals surface area contributed by atoms with E-state index < -0.39 is 24.2 Å². The van der Waals surface area contributed by atoms with E-state index in [0.29, 0.717) is 0 Å². The molecule has 0 N–H and O–H groups in total. The average Bonchev–Trinajstić information content (AvgIpc) is 1.41. The summed E-state index contributed by atoms with van der Waals surface area (Å²) in [7, 11) is -6.42. The molecule has 3 aliphatic heterocycles. The third-order valence-corrected chi connectivity index (χ3v) is 41.5. The number of para-hydroxylation sites is 12. The normalized spacial score (nSPS) is 13.4. The lowest BCUT2D eigenvalue weighted by atomic mass is 9.99. The molecule has 0 spiro atoms. The predicted molar refractivity (Wildman–Crippen MR) is 620 cm³/mol. The van der Waals surface area contributed by atoms with Crippen LogP contribution < -0.4 is 31.5 Å². The highest BCUT2D eigenvalue weighted by Crippen LogP contribution is 2.47. The van der Waals surface area contributed by atoms with Gasteiger partial charge in [-0.3, -0.25) is 9.13 Å². The van der Waals surface area contributed by atoms with E-state index in [1.165, 1.54) is 174 Å². The van der Waals surface area contributed by atoms with Crippen molar-refractivity contribution in [3.8, 4) is 113 Å². The fourth-order valence-electron chi connectivity index (χ4n) is 24.8. The Morgan fingerprint density at radius 2 is 0.415 bits per heavy atom. The molecule has 0 atom stereocenters. The maximum atomic E-state index is 5.55. The van der Waals surface area contributed by atoms with Crippen molar-refractivity contribution in [3.05, 3.63) is 461 Å². The number of benzene rings is 19. The van der Waals surface area contributed by atoms with Crippen LogP contribution in [0.2, 0.25) is 39.3 Å². The molecule has 28 aromatic rings. The topological polar surface area (TPSA) is 107 Å². The number of nitrogens with zero attached hydrogens (tertiary/aromatic N) is 12. The number of rotatable bonds is 10. The van der Waals surface area contributed by atoms with E-state index >= 15 is 0 Å². The van der Waals surface area contributed by atoms with Gasteiger partial charge in [-0.1, -0.05) is 373 Å². The molecule has 9 aromatic heterocycles. The summed E-state index contributed by atoms with van der Waals surface area (Å²) in [5.41, 5.74) is 33.1. The number of hydrogen-bond acceptors (Lipinski definition) is 6. The Morgan fingerprint density at radius 3 is 0.789 bits per heavy atom. The monoisotopic (exact) mass is 1930 g/mol. The first-order valence-corrected chi connectivity index (χ1v) is 59.7. The van der Waals surface area contributed by atoms with Crippen LogP contribution in [0.4, 0.5) is 0 Å². The SMILES string of the molecule is C[Si]1(C)c2ccccc2-c2c(-c3ccc4c(c3)c3ccccc3n4-c3ccccc3)nc(-n3c4ccccc4c4ccccc43)nc21.C[Si]1(C)c2ccccc2-c2c(-c3ccc4c5ccccc5n(-c5ccccc5)c4c3)nc(-n3c4ccccc4c4ccccc43)nc21.C[Si]1(C)c2ccccc2-c2c(-c3cccc(-n4c5ccccc5c5ccccc54)c3)nc(-c3cccc(-n4c5ccccc5c5ccccc54)c3)nc21. The van der Waals surface area contributed by atoms with Gasteiger partial charge < -0.3 is 18.3 Å². The molecule has 147 heavy (non-hydrogen) atoms. The second kappa shape index (κ2) is 33.0. The summed E-state index contributed by atoms with van der Waals surface area (Å²) in [6.07, 6.45) is 0. The molecular weight excluding hydrogens is 1840 g/mol. The van der Waals surface area contributed by atoms with Crippen LogP contribution in [0.3, 0.4) is 0 Å². The molecular formula is C132H94N12Si3. The Morgan fingerprint density at radius 1 is 0.163 bits per heavy atom. The minimum Gasteiger partial charge on any atom is -0.309 e. The van der Waals surface area contributed by atoms with Crippen LogP contribution in [0.25, 0.3) is 244 Å². The van der Waals surface area contributed by atoms with Crippen molar-refractivity contribution in [2.75, 3.05) is 0 Å². The van der Waals surface area contributed by atoms with Crippen LogP contribution >= 0.6 is 0 Å². The Hall–Kier alpha value is -18.1. The Balaban J connectivity index is 0.000000104. The first kappa shape index (κ1) is 85.6. The molecule has 12 heterocycles. The van der Waals surface area contributed by atoms with Crippen molar-refractivity contribution in [2.45, 2.75) is 39.3 Å². The van der Waals surface area contributed by atoms with E-state index in [-0.39, 0.29) is 0 Å². The van der Waals surface area contributed by atoms with Crippen molar-refractivity contribution in [2.24, 2.45) is 0 Å². The van der Waals surface area contributed by atoms with Gasteiger partial charge in [-0.2, -0.15) is 0 Å². The lowest BCUT2D eigenvalue weighted by Gasteiger charge is -2.19. The summed E-state index contributed by atoms with van der Waals surface area (Å²) in [5, 5.41) is 22.6. The molecule has 19 aromatic carbocycles.